The molecule has 1 aromatic rings. The molecular weight excluding hydrogens is 268 g/mol. The van der Waals surface area contributed by atoms with Gasteiger partial charge in [0.2, 0.25) is 10.0 Å². The molecule has 1 rings (SSSR count). The Morgan fingerprint density at radius 2 is 1.95 bits per heavy atom. The lowest BCUT2D eigenvalue weighted by Gasteiger charge is -2.12. The molecule has 1 aromatic heterocycles. The standard InChI is InChI=1S/C12H22N2O4S/c1-8(17-5)6-14-19(15,16)12-10(3)18-9(2)11(12)7-13-4/h8,13-14H,6-7H2,1-5H3. The Kier molecular flexibility index (Phi) is 5.54. The van der Waals surface area contributed by atoms with E-state index in [1.54, 1.807) is 34.9 Å². The summed E-state index contributed by atoms with van der Waals surface area (Å²) in [7, 11) is -0.289. The second-order valence-electron chi connectivity index (χ2n) is 4.45. The molecule has 19 heavy (non-hydrogen) atoms. The number of rotatable bonds is 7. The van der Waals surface area contributed by atoms with Gasteiger partial charge in [-0.2, -0.15) is 0 Å². The highest BCUT2D eigenvalue weighted by molar-refractivity contribution is 7.89. The predicted octanol–water partition coefficient (Wildman–Crippen LogP) is 0.929. The maximum absolute atomic E-state index is 12.3. The van der Waals surface area contributed by atoms with Gasteiger partial charge in [-0.15, -0.1) is 0 Å². The molecule has 7 heteroatoms. The van der Waals surface area contributed by atoms with Crippen molar-refractivity contribution in [2.45, 2.75) is 38.3 Å². The molecule has 0 aliphatic heterocycles. The fourth-order valence-corrected chi connectivity index (χ4v) is 3.38. The van der Waals surface area contributed by atoms with Crippen molar-refractivity contribution < 1.29 is 17.6 Å². The summed E-state index contributed by atoms with van der Waals surface area (Å²) in [5.41, 5.74) is 0.664. The van der Waals surface area contributed by atoms with Crippen molar-refractivity contribution in [1.82, 2.24) is 10.0 Å². The highest BCUT2D eigenvalue weighted by Crippen LogP contribution is 2.26. The van der Waals surface area contributed by atoms with E-state index < -0.39 is 10.0 Å². The molecule has 0 saturated carbocycles. The second kappa shape index (κ2) is 6.51. The van der Waals surface area contributed by atoms with Crippen molar-refractivity contribution in [3.05, 3.63) is 17.1 Å². The predicted molar refractivity (Wildman–Crippen MR) is 72.6 cm³/mol. The molecule has 0 aliphatic rings. The molecule has 2 N–H and O–H groups in total. The molecule has 1 heterocycles. The van der Waals surface area contributed by atoms with Crippen molar-refractivity contribution in [2.75, 3.05) is 20.7 Å². The maximum Gasteiger partial charge on any atom is 0.244 e. The SMILES string of the molecule is CNCc1c(C)oc(C)c1S(=O)(=O)NCC(C)OC. The molecule has 0 amide bonds. The number of methoxy groups -OCH3 is 1. The van der Waals surface area contributed by atoms with E-state index in [4.69, 9.17) is 9.15 Å². The van der Waals surface area contributed by atoms with E-state index in [2.05, 4.69) is 10.0 Å². The summed E-state index contributed by atoms with van der Waals surface area (Å²) in [5.74, 6) is 1.02. The van der Waals surface area contributed by atoms with Crippen molar-refractivity contribution in [2.24, 2.45) is 0 Å². The summed E-state index contributed by atoms with van der Waals surface area (Å²) in [6.45, 7) is 5.88. The molecule has 1 atom stereocenters. The van der Waals surface area contributed by atoms with Gasteiger partial charge >= 0.3 is 0 Å². The summed E-state index contributed by atoms with van der Waals surface area (Å²) in [5, 5.41) is 2.95. The van der Waals surface area contributed by atoms with Crippen molar-refractivity contribution in [3.8, 4) is 0 Å². The van der Waals surface area contributed by atoms with Crippen molar-refractivity contribution in [3.63, 3.8) is 0 Å². The highest BCUT2D eigenvalue weighted by atomic mass is 32.2. The first-order chi connectivity index (χ1) is 8.83. The molecule has 0 aromatic carbocycles. The first-order valence-electron chi connectivity index (χ1n) is 6.09. The van der Waals surface area contributed by atoms with E-state index in [1.165, 1.54) is 0 Å². The van der Waals surface area contributed by atoms with Crippen LogP contribution in [-0.2, 0) is 21.3 Å². The lowest BCUT2D eigenvalue weighted by molar-refractivity contribution is 0.122. The van der Waals surface area contributed by atoms with Crippen LogP contribution in [0.1, 0.15) is 24.0 Å². The Hall–Kier alpha value is -0.890. The Labute approximate surface area is 114 Å². The topological polar surface area (TPSA) is 80.6 Å². The van der Waals surface area contributed by atoms with E-state index in [0.29, 0.717) is 23.6 Å². The molecule has 6 nitrogen and oxygen atoms in total. The van der Waals surface area contributed by atoms with Crippen LogP contribution in [0.2, 0.25) is 0 Å². The lowest BCUT2D eigenvalue weighted by atomic mass is 10.2. The third-order valence-corrected chi connectivity index (χ3v) is 4.53. The van der Waals surface area contributed by atoms with Crippen LogP contribution in [0.25, 0.3) is 0 Å². The zero-order chi connectivity index (χ0) is 14.6. The van der Waals surface area contributed by atoms with Crippen LogP contribution >= 0.6 is 0 Å². The summed E-state index contributed by atoms with van der Waals surface area (Å²) >= 11 is 0. The molecule has 0 spiro atoms. The molecule has 0 saturated heterocycles. The molecule has 110 valence electrons. The number of ether oxygens (including phenoxy) is 1. The number of hydrogen-bond acceptors (Lipinski definition) is 5. The van der Waals surface area contributed by atoms with E-state index in [1.807, 2.05) is 0 Å². The molecule has 0 aliphatic carbocycles. The maximum atomic E-state index is 12.3. The summed E-state index contributed by atoms with van der Waals surface area (Å²) in [6.07, 6.45) is -0.184. The third kappa shape index (κ3) is 3.79. The van der Waals surface area contributed by atoms with Crippen LogP contribution in [-0.4, -0.2) is 35.2 Å². The fraction of sp³-hybridized carbons (Fsp3) is 0.667. The first kappa shape index (κ1) is 16.2. The number of sulfonamides is 1. The first-order valence-corrected chi connectivity index (χ1v) is 7.57. The Balaban J connectivity index is 3.07. The van der Waals surface area contributed by atoms with E-state index in [9.17, 15) is 8.42 Å². The van der Waals surface area contributed by atoms with Gasteiger partial charge in [-0.05, 0) is 27.8 Å². The molecule has 0 radical (unpaired) electrons. The smallest absolute Gasteiger partial charge is 0.244 e. The summed E-state index contributed by atoms with van der Waals surface area (Å²) in [6, 6.07) is 0. The van der Waals surface area contributed by atoms with E-state index in [0.717, 1.165) is 0 Å². The largest absolute Gasteiger partial charge is 0.465 e. The van der Waals surface area contributed by atoms with Crippen LogP contribution in [0.15, 0.2) is 9.31 Å². The van der Waals surface area contributed by atoms with Crippen molar-refractivity contribution >= 4 is 10.0 Å². The Bertz CT molecular complexity index is 522. The van der Waals surface area contributed by atoms with E-state index in [-0.39, 0.29) is 17.5 Å². The van der Waals surface area contributed by atoms with Gasteiger partial charge < -0.3 is 14.5 Å². The minimum absolute atomic E-state index is 0.184. The van der Waals surface area contributed by atoms with Crippen LogP contribution in [0.4, 0.5) is 0 Å². The second-order valence-corrected chi connectivity index (χ2v) is 6.15. The van der Waals surface area contributed by atoms with Gasteiger partial charge in [-0.1, -0.05) is 0 Å². The normalized spacial score (nSPS) is 13.7. The fourth-order valence-electron chi connectivity index (χ4n) is 1.83. The van der Waals surface area contributed by atoms with Crippen LogP contribution in [0.5, 0.6) is 0 Å². The summed E-state index contributed by atoms with van der Waals surface area (Å²) in [4.78, 5) is 0.225. The number of nitrogens with one attached hydrogen (secondary N) is 2. The number of aryl methyl sites for hydroxylation is 2. The van der Waals surface area contributed by atoms with Gasteiger partial charge in [-0.25, -0.2) is 13.1 Å². The van der Waals surface area contributed by atoms with Crippen LogP contribution in [0.3, 0.4) is 0 Å². The molecule has 0 fully saturated rings. The minimum atomic E-state index is -3.59. The quantitative estimate of drug-likeness (QED) is 0.781. The van der Waals surface area contributed by atoms with Crippen molar-refractivity contribution in [1.29, 1.82) is 0 Å². The van der Waals surface area contributed by atoms with Gasteiger partial charge in [0.1, 0.15) is 16.4 Å². The van der Waals surface area contributed by atoms with E-state index >= 15 is 0 Å². The summed E-state index contributed by atoms with van der Waals surface area (Å²) < 4.78 is 37.7. The Morgan fingerprint density at radius 3 is 2.47 bits per heavy atom. The van der Waals surface area contributed by atoms with Gasteiger partial charge in [0.05, 0.1) is 6.10 Å². The van der Waals surface area contributed by atoms with Gasteiger partial charge in [0.25, 0.3) is 0 Å². The average molecular weight is 290 g/mol. The van der Waals surface area contributed by atoms with Gasteiger partial charge in [0.15, 0.2) is 0 Å². The zero-order valence-corrected chi connectivity index (χ0v) is 12.8. The highest BCUT2D eigenvalue weighted by Gasteiger charge is 2.26. The molecular formula is C12H22N2O4S. The zero-order valence-electron chi connectivity index (χ0n) is 12.0. The average Bonchev–Trinajstić information content (AvgIpc) is 2.62. The minimum Gasteiger partial charge on any atom is -0.465 e. The monoisotopic (exact) mass is 290 g/mol. The van der Waals surface area contributed by atoms with Gasteiger partial charge in [0, 0.05) is 25.8 Å². The molecule has 1 unspecified atom stereocenters. The Morgan fingerprint density at radius 1 is 1.32 bits per heavy atom. The molecule has 0 bridgehead atoms. The third-order valence-electron chi connectivity index (χ3n) is 2.91. The lowest BCUT2D eigenvalue weighted by Crippen LogP contribution is -2.32. The van der Waals surface area contributed by atoms with Crippen LogP contribution < -0.4 is 10.0 Å². The number of hydrogen-bond donors (Lipinski definition) is 2. The van der Waals surface area contributed by atoms with Gasteiger partial charge in [-0.3, -0.25) is 0 Å². The number of furan rings is 1. The van der Waals surface area contributed by atoms with Crippen LogP contribution in [0, 0.1) is 13.8 Å².